The number of carbonyl (C=O) groups is 1. The quantitative estimate of drug-likeness (QED) is 0.834. The highest BCUT2D eigenvalue weighted by atomic mass is 32.2. The summed E-state index contributed by atoms with van der Waals surface area (Å²) in [5, 5.41) is 3.45. The van der Waals surface area contributed by atoms with Crippen LogP contribution in [0.3, 0.4) is 0 Å². The lowest BCUT2D eigenvalue weighted by atomic mass is 9.99. The SMILES string of the molecule is CCC(C)C1NC(C)N(CC2CCSC2)C1=O. The van der Waals surface area contributed by atoms with E-state index in [1.54, 1.807) is 0 Å². The van der Waals surface area contributed by atoms with E-state index in [0.29, 0.717) is 17.7 Å². The molecule has 3 nitrogen and oxygen atoms in total. The molecule has 0 aromatic rings. The van der Waals surface area contributed by atoms with Gasteiger partial charge in [0.25, 0.3) is 0 Å². The van der Waals surface area contributed by atoms with Gasteiger partial charge in [0.2, 0.25) is 5.91 Å². The Morgan fingerprint density at radius 3 is 2.94 bits per heavy atom. The summed E-state index contributed by atoms with van der Waals surface area (Å²) in [7, 11) is 0. The Morgan fingerprint density at radius 2 is 2.35 bits per heavy atom. The Hall–Kier alpha value is -0.220. The molecule has 2 rings (SSSR count). The Labute approximate surface area is 109 Å². The average molecular weight is 256 g/mol. The maximum Gasteiger partial charge on any atom is 0.241 e. The van der Waals surface area contributed by atoms with E-state index >= 15 is 0 Å². The molecule has 4 atom stereocenters. The minimum Gasteiger partial charge on any atom is -0.326 e. The maximum atomic E-state index is 12.4. The molecule has 0 radical (unpaired) electrons. The molecule has 1 N–H and O–H groups in total. The van der Waals surface area contributed by atoms with Gasteiger partial charge in [-0.05, 0) is 36.7 Å². The summed E-state index contributed by atoms with van der Waals surface area (Å²) >= 11 is 2.02. The number of rotatable bonds is 4. The van der Waals surface area contributed by atoms with Gasteiger partial charge in [-0.25, -0.2) is 0 Å². The molecule has 2 aliphatic rings. The normalized spacial score (nSPS) is 35.6. The number of thioether (sulfide) groups is 1. The minimum atomic E-state index is 0.0454. The molecule has 0 aliphatic carbocycles. The predicted molar refractivity (Wildman–Crippen MR) is 73.0 cm³/mol. The highest BCUT2D eigenvalue weighted by Crippen LogP contribution is 2.27. The van der Waals surface area contributed by atoms with E-state index < -0.39 is 0 Å². The number of carbonyl (C=O) groups excluding carboxylic acids is 1. The van der Waals surface area contributed by atoms with Crippen LogP contribution in [0.4, 0.5) is 0 Å². The summed E-state index contributed by atoms with van der Waals surface area (Å²) in [6.07, 6.45) is 2.55. The van der Waals surface area contributed by atoms with Gasteiger partial charge in [-0.3, -0.25) is 10.1 Å². The van der Waals surface area contributed by atoms with E-state index in [1.165, 1.54) is 17.9 Å². The summed E-state index contributed by atoms with van der Waals surface area (Å²) in [6, 6.07) is 0.0454. The molecule has 0 saturated carbocycles. The Morgan fingerprint density at radius 1 is 1.59 bits per heavy atom. The van der Waals surface area contributed by atoms with Crippen molar-refractivity contribution in [1.29, 1.82) is 0 Å². The molecule has 4 heteroatoms. The maximum absolute atomic E-state index is 12.4. The highest BCUT2D eigenvalue weighted by molar-refractivity contribution is 7.99. The second kappa shape index (κ2) is 5.61. The minimum absolute atomic E-state index is 0.0454. The molecule has 0 aromatic carbocycles. The number of hydrogen-bond donors (Lipinski definition) is 1. The lowest BCUT2D eigenvalue weighted by Gasteiger charge is -2.24. The number of amides is 1. The molecule has 17 heavy (non-hydrogen) atoms. The van der Waals surface area contributed by atoms with E-state index in [4.69, 9.17) is 0 Å². The molecule has 1 amide bonds. The van der Waals surface area contributed by atoms with Crippen LogP contribution in [0.2, 0.25) is 0 Å². The van der Waals surface area contributed by atoms with Gasteiger partial charge in [-0.15, -0.1) is 0 Å². The van der Waals surface area contributed by atoms with E-state index in [0.717, 1.165) is 13.0 Å². The van der Waals surface area contributed by atoms with Crippen LogP contribution in [0.15, 0.2) is 0 Å². The lowest BCUT2D eigenvalue weighted by molar-refractivity contribution is -0.131. The Kier molecular flexibility index (Phi) is 4.36. The molecule has 2 heterocycles. The van der Waals surface area contributed by atoms with Crippen molar-refractivity contribution in [1.82, 2.24) is 10.2 Å². The van der Waals surface area contributed by atoms with Gasteiger partial charge in [0.05, 0.1) is 12.2 Å². The first-order valence-electron chi connectivity index (χ1n) is 6.77. The average Bonchev–Trinajstić information content (AvgIpc) is 2.91. The van der Waals surface area contributed by atoms with E-state index in [9.17, 15) is 4.79 Å². The second-order valence-corrected chi connectivity index (χ2v) is 6.58. The largest absolute Gasteiger partial charge is 0.326 e. The van der Waals surface area contributed by atoms with E-state index in [1.807, 2.05) is 11.8 Å². The molecule has 0 aromatic heterocycles. The molecular weight excluding hydrogens is 232 g/mol. The zero-order valence-corrected chi connectivity index (χ0v) is 11.9. The van der Waals surface area contributed by atoms with Crippen LogP contribution < -0.4 is 5.32 Å². The van der Waals surface area contributed by atoms with Crippen LogP contribution in [0.25, 0.3) is 0 Å². The summed E-state index contributed by atoms with van der Waals surface area (Å²) in [4.78, 5) is 14.4. The van der Waals surface area contributed by atoms with Gasteiger partial charge < -0.3 is 4.90 Å². The zero-order chi connectivity index (χ0) is 12.4. The monoisotopic (exact) mass is 256 g/mol. The fourth-order valence-electron chi connectivity index (χ4n) is 2.69. The van der Waals surface area contributed by atoms with Crippen LogP contribution in [0, 0.1) is 11.8 Å². The summed E-state index contributed by atoms with van der Waals surface area (Å²) < 4.78 is 0. The fourth-order valence-corrected chi connectivity index (χ4v) is 3.96. The zero-order valence-electron chi connectivity index (χ0n) is 11.1. The fraction of sp³-hybridized carbons (Fsp3) is 0.923. The standard InChI is InChI=1S/C13H24N2OS/c1-4-9(2)12-13(16)15(10(3)14-12)7-11-5-6-17-8-11/h9-12,14H,4-8H2,1-3H3. The van der Waals surface area contributed by atoms with Gasteiger partial charge in [0, 0.05) is 6.54 Å². The predicted octanol–water partition coefficient (Wildman–Crippen LogP) is 1.93. The number of nitrogens with one attached hydrogen (secondary N) is 1. The Balaban J connectivity index is 1.95. The van der Waals surface area contributed by atoms with Crippen molar-refractivity contribution < 1.29 is 4.79 Å². The first-order valence-corrected chi connectivity index (χ1v) is 7.93. The van der Waals surface area contributed by atoms with Crippen molar-refractivity contribution in [2.45, 2.75) is 45.8 Å². The molecule has 98 valence electrons. The van der Waals surface area contributed by atoms with Crippen molar-refractivity contribution >= 4 is 17.7 Å². The van der Waals surface area contributed by atoms with Crippen LogP contribution >= 0.6 is 11.8 Å². The molecule has 2 saturated heterocycles. The van der Waals surface area contributed by atoms with Gasteiger partial charge >= 0.3 is 0 Å². The first-order chi connectivity index (χ1) is 8.13. The van der Waals surface area contributed by atoms with Gasteiger partial charge in [0.1, 0.15) is 0 Å². The van der Waals surface area contributed by atoms with Crippen LogP contribution in [-0.4, -0.2) is 41.1 Å². The molecular formula is C13H24N2OS. The van der Waals surface area contributed by atoms with Crippen molar-refractivity contribution in [3.8, 4) is 0 Å². The van der Waals surface area contributed by atoms with Crippen LogP contribution in [0.1, 0.15) is 33.6 Å². The summed E-state index contributed by atoms with van der Waals surface area (Å²) in [5.74, 6) is 3.97. The number of nitrogens with zero attached hydrogens (tertiary/aromatic N) is 1. The summed E-state index contributed by atoms with van der Waals surface area (Å²) in [5.41, 5.74) is 0. The molecule has 2 fully saturated rings. The third kappa shape index (κ3) is 2.79. The third-order valence-electron chi connectivity index (χ3n) is 4.13. The van der Waals surface area contributed by atoms with Crippen molar-refractivity contribution in [3.63, 3.8) is 0 Å². The van der Waals surface area contributed by atoms with Gasteiger partial charge in [-0.1, -0.05) is 20.3 Å². The molecule has 0 spiro atoms. The molecule has 0 bridgehead atoms. The van der Waals surface area contributed by atoms with Crippen molar-refractivity contribution in [2.24, 2.45) is 11.8 Å². The molecule has 4 unspecified atom stereocenters. The smallest absolute Gasteiger partial charge is 0.241 e. The van der Waals surface area contributed by atoms with Crippen molar-refractivity contribution in [3.05, 3.63) is 0 Å². The van der Waals surface area contributed by atoms with E-state index in [-0.39, 0.29) is 12.2 Å². The van der Waals surface area contributed by atoms with Gasteiger partial charge in [0.15, 0.2) is 0 Å². The Bertz CT molecular complexity index is 279. The van der Waals surface area contributed by atoms with Crippen LogP contribution in [0.5, 0.6) is 0 Å². The second-order valence-electron chi connectivity index (χ2n) is 5.43. The van der Waals surface area contributed by atoms with Gasteiger partial charge in [-0.2, -0.15) is 11.8 Å². The topological polar surface area (TPSA) is 32.3 Å². The first kappa shape index (κ1) is 13.2. The van der Waals surface area contributed by atoms with Crippen molar-refractivity contribution in [2.75, 3.05) is 18.1 Å². The third-order valence-corrected chi connectivity index (χ3v) is 5.36. The number of hydrogen-bond acceptors (Lipinski definition) is 3. The lowest BCUT2D eigenvalue weighted by Crippen LogP contribution is -2.38. The highest BCUT2D eigenvalue weighted by Gasteiger charge is 2.39. The van der Waals surface area contributed by atoms with E-state index in [2.05, 4.69) is 31.0 Å². The van der Waals surface area contributed by atoms with Crippen LogP contribution in [-0.2, 0) is 4.79 Å². The summed E-state index contributed by atoms with van der Waals surface area (Å²) in [6.45, 7) is 7.38. The molecule has 2 aliphatic heterocycles.